The molecule has 0 saturated heterocycles. The molecular weight excluding hydrogens is 359 g/mol. The number of nitrogens with one attached hydrogen (secondary N) is 1. The third-order valence-electron chi connectivity index (χ3n) is 4.36. The predicted octanol–water partition coefficient (Wildman–Crippen LogP) is 3.47. The highest BCUT2D eigenvalue weighted by atomic mass is 35.5. The molecule has 0 unspecified atom stereocenters. The van der Waals surface area contributed by atoms with Crippen molar-refractivity contribution in [3.05, 3.63) is 58.6 Å². The Kier molecular flexibility index (Phi) is 5.08. The van der Waals surface area contributed by atoms with Gasteiger partial charge in [-0.05, 0) is 36.8 Å². The van der Waals surface area contributed by atoms with Crippen LogP contribution in [0.3, 0.4) is 0 Å². The van der Waals surface area contributed by atoms with E-state index in [1.807, 2.05) is 6.92 Å². The van der Waals surface area contributed by atoms with Crippen LogP contribution in [0, 0.1) is 5.82 Å². The first-order valence-electron chi connectivity index (χ1n) is 8.14. The maximum absolute atomic E-state index is 14.5. The Bertz CT molecular complexity index is 857. The molecule has 2 heterocycles. The molecule has 1 aromatic carbocycles. The van der Waals surface area contributed by atoms with E-state index in [0.29, 0.717) is 35.7 Å². The Morgan fingerprint density at radius 1 is 1.42 bits per heavy atom. The molecule has 2 aromatic rings. The van der Waals surface area contributed by atoms with Gasteiger partial charge in [-0.15, -0.1) is 0 Å². The van der Waals surface area contributed by atoms with Gasteiger partial charge in [0.05, 0.1) is 17.2 Å². The van der Waals surface area contributed by atoms with E-state index in [9.17, 15) is 9.18 Å². The van der Waals surface area contributed by atoms with Crippen LogP contribution in [0.25, 0.3) is 0 Å². The second-order valence-electron chi connectivity index (χ2n) is 5.94. The van der Waals surface area contributed by atoms with Crippen molar-refractivity contribution in [3.63, 3.8) is 0 Å². The van der Waals surface area contributed by atoms with E-state index >= 15 is 0 Å². The Labute approximate surface area is 155 Å². The molecular formula is C18H18ClFN4O2. The summed E-state index contributed by atoms with van der Waals surface area (Å²) in [5, 5.41) is 3.15. The quantitative estimate of drug-likeness (QED) is 0.855. The summed E-state index contributed by atoms with van der Waals surface area (Å²) in [5.41, 5.74) is 5.90. The number of anilines is 1. The number of ether oxygens (including phenoxy) is 1. The van der Waals surface area contributed by atoms with Crippen LogP contribution in [0.15, 0.2) is 41.5 Å². The number of aromatic nitrogens is 1. The lowest BCUT2D eigenvalue weighted by Gasteiger charge is -2.33. The minimum absolute atomic E-state index is 0.0392. The van der Waals surface area contributed by atoms with Crippen LogP contribution in [0.4, 0.5) is 10.1 Å². The number of halogens is 2. The van der Waals surface area contributed by atoms with Gasteiger partial charge in [-0.2, -0.15) is 0 Å². The van der Waals surface area contributed by atoms with Gasteiger partial charge in [0.15, 0.2) is 0 Å². The molecule has 26 heavy (non-hydrogen) atoms. The molecule has 0 saturated carbocycles. The van der Waals surface area contributed by atoms with Crippen LogP contribution in [-0.4, -0.2) is 23.5 Å². The first kappa shape index (κ1) is 18.1. The summed E-state index contributed by atoms with van der Waals surface area (Å²) in [5.74, 6) is -0.826. The van der Waals surface area contributed by atoms with Crippen molar-refractivity contribution in [1.29, 1.82) is 0 Å². The molecule has 3 N–H and O–H groups in total. The number of nitrogens with two attached hydrogens (primary N) is 1. The SMILES string of the molecule is CC[C@@]1(c2cc(NC(=O)c3ccc(Cl)cn3)ccc2F)CCOC(N)=N1. The van der Waals surface area contributed by atoms with Gasteiger partial charge in [-0.1, -0.05) is 18.5 Å². The second kappa shape index (κ2) is 7.29. The monoisotopic (exact) mass is 376 g/mol. The lowest BCUT2D eigenvalue weighted by molar-refractivity contribution is 0.102. The average molecular weight is 377 g/mol. The number of benzene rings is 1. The Hall–Kier alpha value is -2.67. The Balaban J connectivity index is 1.91. The second-order valence-corrected chi connectivity index (χ2v) is 6.38. The zero-order valence-corrected chi connectivity index (χ0v) is 14.9. The Morgan fingerprint density at radius 3 is 2.88 bits per heavy atom. The number of amides is 1. The van der Waals surface area contributed by atoms with Crippen LogP contribution in [0.2, 0.25) is 5.02 Å². The average Bonchev–Trinajstić information content (AvgIpc) is 2.63. The highest BCUT2D eigenvalue weighted by molar-refractivity contribution is 6.30. The molecule has 0 bridgehead atoms. The van der Waals surface area contributed by atoms with Crippen molar-refractivity contribution in [2.24, 2.45) is 10.7 Å². The van der Waals surface area contributed by atoms with Crippen molar-refractivity contribution in [2.45, 2.75) is 25.3 Å². The van der Waals surface area contributed by atoms with Gasteiger partial charge in [-0.25, -0.2) is 14.4 Å². The molecule has 8 heteroatoms. The van der Waals surface area contributed by atoms with Crippen LogP contribution in [-0.2, 0) is 10.3 Å². The van der Waals surface area contributed by atoms with E-state index in [1.54, 1.807) is 12.1 Å². The van der Waals surface area contributed by atoms with Crippen LogP contribution in [0.5, 0.6) is 0 Å². The Morgan fingerprint density at radius 2 is 2.23 bits per heavy atom. The summed E-state index contributed by atoms with van der Waals surface area (Å²) in [6.07, 6.45) is 2.43. The summed E-state index contributed by atoms with van der Waals surface area (Å²) in [7, 11) is 0. The highest BCUT2D eigenvalue weighted by Crippen LogP contribution is 2.38. The molecule has 0 fully saturated rings. The summed E-state index contributed by atoms with van der Waals surface area (Å²) in [4.78, 5) is 20.6. The molecule has 0 spiro atoms. The lowest BCUT2D eigenvalue weighted by atomic mass is 9.84. The van der Waals surface area contributed by atoms with Crippen molar-refractivity contribution in [1.82, 2.24) is 4.98 Å². The zero-order chi connectivity index (χ0) is 18.7. The number of pyridine rings is 1. The van der Waals surface area contributed by atoms with E-state index in [1.165, 1.54) is 24.4 Å². The first-order valence-corrected chi connectivity index (χ1v) is 8.52. The fourth-order valence-corrected chi connectivity index (χ4v) is 3.04. The van der Waals surface area contributed by atoms with Gasteiger partial charge >= 0.3 is 0 Å². The standard InChI is InChI=1S/C18H18ClFN4O2/c1-2-18(7-8-26-17(21)24-18)13-9-12(4-5-14(13)20)23-16(25)15-6-3-11(19)10-22-15/h3-6,9-10H,2,7-8H2,1H3,(H2,21,24)(H,23,25)/t18-/m0/s1. The molecule has 0 radical (unpaired) electrons. The van der Waals surface area contributed by atoms with Crippen LogP contribution < -0.4 is 11.1 Å². The minimum atomic E-state index is -0.814. The molecule has 1 aliphatic rings. The molecule has 1 aromatic heterocycles. The maximum Gasteiger partial charge on any atom is 0.282 e. The van der Waals surface area contributed by atoms with E-state index in [0.717, 1.165) is 0 Å². The summed E-state index contributed by atoms with van der Waals surface area (Å²) >= 11 is 5.78. The number of carbonyl (C=O) groups excluding carboxylic acids is 1. The van der Waals surface area contributed by atoms with Crippen molar-refractivity contribution < 1.29 is 13.9 Å². The molecule has 0 aliphatic carbocycles. The maximum atomic E-state index is 14.5. The van der Waals surface area contributed by atoms with Crippen LogP contribution >= 0.6 is 11.6 Å². The predicted molar refractivity (Wildman–Crippen MR) is 97.8 cm³/mol. The van der Waals surface area contributed by atoms with Gasteiger partial charge in [0, 0.05) is 23.9 Å². The third-order valence-corrected chi connectivity index (χ3v) is 4.58. The van der Waals surface area contributed by atoms with Gasteiger partial charge in [0.1, 0.15) is 11.5 Å². The van der Waals surface area contributed by atoms with Gasteiger partial charge in [-0.3, -0.25) is 4.79 Å². The largest absolute Gasteiger partial charge is 0.465 e. The number of amidine groups is 1. The number of nitrogens with zero attached hydrogens (tertiary/aromatic N) is 2. The lowest BCUT2D eigenvalue weighted by Crippen LogP contribution is -2.36. The number of hydrogen-bond donors (Lipinski definition) is 2. The minimum Gasteiger partial charge on any atom is -0.465 e. The number of aliphatic imine (C=N–C) groups is 1. The van der Waals surface area contributed by atoms with E-state index in [4.69, 9.17) is 22.1 Å². The van der Waals surface area contributed by atoms with E-state index in [-0.39, 0.29) is 11.7 Å². The number of carbonyl (C=O) groups is 1. The van der Waals surface area contributed by atoms with Crippen molar-refractivity contribution >= 4 is 29.2 Å². The van der Waals surface area contributed by atoms with E-state index in [2.05, 4.69) is 15.3 Å². The smallest absolute Gasteiger partial charge is 0.282 e. The topological polar surface area (TPSA) is 89.6 Å². The molecule has 1 aliphatic heterocycles. The number of rotatable bonds is 4. The van der Waals surface area contributed by atoms with Crippen LogP contribution in [0.1, 0.15) is 35.8 Å². The van der Waals surface area contributed by atoms with Crippen molar-refractivity contribution in [3.8, 4) is 0 Å². The molecule has 3 rings (SSSR count). The zero-order valence-electron chi connectivity index (χ0n) is 14.1. The first-order chi connectivity index (χ1) is 12.4. The molecule has 136 valence electrons. The summed E-state index contributed by atoms with van der Waals surface area (Å²) in [6.45, 7) is 2.26. The normalized spacial score (nSPS) is 19.4. The van der Waals surface area contributed by atoms with E-state index < -0.39 is 17.3 Å². The number of hydrogen-bond acceptors (Lipinski definition) is 5. The van der Waals surface area contributed by atoms with Crippen molar-refractivity contribution in [2.75, 3.05) is 11.9 Å². The highest BCUT2D eigenvalue weighted by Gasteiger charge is 2.36. The van der Waals surface area contributed by atoms with Gasteiger partial charge in [0.25, 0.3) is 11.9 Å². The van der Waals surface area contributed by atoms with Gasteiger partial charge in [0.2, 0.25) is 0 Å². The fraction of sp³-hybridized carbons (Fsp3) is 0.278. The molecule has 6 nitrogen and oxygen atoms in total. The molecule has 1 amide bonds. The summed E-state index contributed by atoms with van der Waals surface area (Å²) < 4.78 is 19.7. The fourth-order valence-electron chi connectivity index (χ4n) is 2.93. The third kappa shape index (κ3) is 3.62. The van der Waals surface area contributed by atoms with Gasteiger partial charge < -0.3 is 15.8 Å². The summed E-state index contributed by atoms with van der Waals surface area (Å²) in [6, 6.07) is 7.50. The molecule has 1 atom stereocenters.